The highest BCUT2D eigenvalue weighted by atomic mass is 32.2. The van der Waals surface area contributed by atoms with Crippen molar-refractivity contribution in [2.24, 2.45) is 5.14 Å². The van der Waals surface area contributed by atoms with Crippen molar-refractivity contribution in [2.75, 3.05) is 31.9 Å². The number of carbonyl (C=O) groups excluding carboxylic acids is 2. The van der Waals surface area contributed by atoms with E-state index in [1.54, 1.807) is 4.90 Å². The maximum atomic E-state index is 13.0. The van der Waals surface area contributed by atoms with Crippen LogP contribution in [-0.2, 0) is 19.6 Å². The van der Waals surface area contributed by atoms with Crippen LogP contribution in [0.15, 0.2) is 30.3 Å². The third kappa shape index (κ3) is 6.62. The summed E-state index contributed by atoms with van der Waals surface area (Å²) in [6.07, 6.45) is 1.84. The highest BCUT2D eigenvalue weighted by molar-refractivity contribution is 7.89. The molecule has 2 N–H and O–H groups in total. The molecule has 1 heterocycles. The Morgan fingerprint density at radius 2 is 1.70 bits per heavy atom. The van der Waals surface area contributed by atoms with Gasteiger partial charge in [0.15, 0.2) is 0 Å². The summed E-state index contributed by atoms with van der Waals surface area (Å²) in [5, 5.41) is 4.97. The Hall–Kier alpha value is -1.93. The molecule has 7 nitrogen and oxygen atoms in total. The summed E-state index contributed by atoms with van der Waals surface area (Å²) in [5.74, 6) is -0.328. The Morgan fingerprint density at radius 1 is 1.07 bits per heavy atom. The minimum absolute atomic E-state index is 0.0805. The third-order valence-electron chi connectivity index (χ3n) is 4.89. The molecule has 0 aromatic heterocycles. The van der Waals surface area contributed by atoms with Gasteiger partial charge in [-0.15, -0.1) is 0 Å². The predicted molar refractivity (Wildman–Crippen MR) is 104 cm³/mol. The summed E-state index contributed by atoms with van der Waals surface area (Å²) in [6.45, 7) is 4.20. The first-order chi connectivity index (χ1) is 12.8. The van der Waals surface area contributed by atoms with Crippen LogP contribution in [0.1, 0.15) is 44.1 Å². The molecule has 0 bridgehead atoms. The van der Waals surface area contributed by atoms with E-state index in [0.717, 1.165) is 18.4 Å². The van der Waals surface area contributed by atoms with Gasteiger partial charge in [0.05, 0.1) is 11.7 Å². The summed E-state index contributed by atoms with van der Waals surface area (Å²) in [6, 6.07) is 9.77. The fraction of sp³-hybridized carbons (Fsp3) is 0.579. The summed E-state index contributed by atoms with van der Waals surface area (Å²) in [7, 11) is -3.54. The lowest BCUT2D eigenvalue weighted by Gasteiger charge is -2.26. The molecule has 27 heavy (non-hydrogen) atoms. The number of amides is 2. The van der Waals surface area contributed by atoms with Crippen LogP contribution in [0.2, 0.25) is 0 Å². The quantitative estimate of drug-likeness (QED) is 0.752. The number of nitrogens with two attached hydrogens (primary N) is 1. The van der Waals surface area contributed by atoms with E-state index in [0.29, 0.717) is 26.2 Å². The van der Waals surface area contributed by atoms with Crippen molar-refractivity contribution >= 4 is 21.8 Å². The van der Waals surface area contributed by atoms with Crippen LogP contribution < -0.4 is 5.14 Å². The van der Waals surface area contributed by atoms with E-state index in [2.05, 4.69) is 0 Å². The van der Waals surface area contributed by atoms with E-state index in [1.165, 1.54) is 0 Å². The molecule has 0 aliphatic carbocycles. The van der Waals surface area contributed by atoms with Gasteiger partial charge < -0.3 is 9.80 Å². The number of hydrogen-bond donors (Lipinski definition) is 1. The standard InChI is InChI=1S/C19H29N3O4S/c1-2-17(16-8-4-3-5-9-16)19(24)22-12-7-11-21(13-14-22)18(23)10-6-15-27(20,25)26/h3-5,8-9,17H,2,6-7,10-15H2,1H3,(H2,20,25,26). The lowest BCUT2D eigenvalue weighted by molar-refractivity contribution is -0.134. The molecule has 1 atom stereocenters. The molecular formula is C19H29N3O4S. The van der Waals surface area contributed by atoms with Crippen molar-refractivity contribution < 1.29 is 18.0 Å². The number of sulfonamides is 1. The van der Waals surface area contributed by atoms with Gasteiger partial charge in [0.1, 0.15) is 0 Å². The molecule has 0 saturated carbocycles. The molecule has 1 unspecified atom stereocenters. The molecule has 150 valence electrons. The molecule has 8 heteroatoms. The lowest BCUT2D eigenvalue weighted by atomic mass is 9.95. The molecule has 1 aromatic rings. The molecular weight excluding hydrogens is 366 g/mol. The monoisotopic (exact) mass is 395 g/mol. The van der Waals surface area contributed by atoms with Gasteiger partial charge in [-0.3, -0.25) is 9.59 Å². The number of hydrogen-bond acceptors (Lipinski definition) is 4. The van der Waals surface area contributed by atoms with Gasteiger partial charge in [0, 0.05) is 32.6 Å². The fourth-order valence-electron chi connectivity index (χ4n) is 3.43. The van der Waals surface area contributed by atoms with Crippen LogP contribution >= 0.6 is 0 Å². The third-order valence-corrected chi connectivity index (χ3v) is 5.75. The Kier molecular flexibility index (Phi) is 7.79. The molecule has 2 rings (SSSR count). The van der Waals surface area contributed by atoms with Crippen LogP contribution in [-0.4, -0.2) is 62.0 Å². The fourth-order valence-corrected chi connectivity index (χ4v) is 3.98. The van der Waals surface area contributed by atoms with Crippen LogP contribution in [0.25, 0.3) is 0 Å². The predicted octanol–water partition coefficient (Wildman–Crippen LogP) is 1.31. The number of primary sulfonamides is 1. The molecule has 1 aliphatic heterocycles. The Labute approximate surface area is 161 Å². The Balaban J connectivity index is 1.91. The van der Waals surface area contributed by atoms with Crippen molar-refractivity contribution in [3.8, 4) is 0 Å². The summed E-state index contributed by atoms with van der Waals surface area (Å²) < 4.78 is 22.0. The van der Waals surface area contributed by atoms with E-state index in [4.69, 9.17) is 5.14 Å². The van der Waals surface area contributed by atoms with Crippen molar-refractivity contribution in [1.82, 2.24) is 9.80 Å². The zero-order chi connectivity index (χ0) is 19.9. The number of nitrogens with zero attached hydrogens (tertiary/aromatic N) is 2. The largest absolute Gasteiger partial charge is 0.341 e. The summed E-state index contributed by atoms with van der Waals surface area (Å²) in [4.78, 5) is 28.9. The van der Waals surface area contributed by atoms with Gasteiger partial charge in [0.25, 0.3) is 0 Å². The van der Waals surface area contributed by atoms with E-state index >= 15 is 0 Å². The highest BCUT2D eigenvalue weighted by Gasteiger charge is 2.27. The highest BCUT2D eigenvalue weighted by Crippen LogP contribution is 2.22. The van der Waals surface area contributed by atoms with E-state index in [9.17, 15) is 18.0 Å². The molecule has 1 saturated heterocycles. The molecule has 1 fully saturated rings. The van der Waals surface area contributed by atoms with Gasteiger partial charge in [0.2, 0.25) is 21.8 Å². The first kappa shape index (κ1) is 21.4. The molecule has 2 amide bonds. The average Bonchev–Trinajstić information content (AvgIpc) is 2.88. The minimum atomic E-state index is -3.54. The normalized spacial score (nSPS) is 16.7. The second-order valence-electron chi connectivity index (χ2n) is 6.90. The number of carbonyl (C=O) groups is 2. The van der Waals surface area contributed by atoms with Gasteiger partial charge >= 0.3 is 0 Å². The minimum Gasteiger partial charge on any atom is -0.341 e. The molecule has 1 aliphatic rings. The van der Waals surface area contributed by atoms with Crippen molar-refractivity contribution in [3.05, 3.63) is 35.9 Å². The van der Waals surface area contributed by atoms with Crippen molar-refractivity contribution in [2.45, 2.75) is 38.5 Å². The van der Waals surface area contributed by atoms with Crippen LogP contribution in [0.3, 0.4) is 0 Å². The first-order valence-corrected chi connectivity index (χ1v) is 11.2. The van der Waals surface area contributed by atoms with Crippen molar-refractivity contribution in [3.63, 3.8) is 0 Å². The maximum absolute atomic E-state index is 13.0. The van der Waals surface area contributed by atoms with E-state index in [-0.39, 0.29) is 36.3 Å². The SMILES string of the molecule is CCC(C(=O)N1CCCN(C(=O)CCCS(N)(=O)=O)CC1)c1ccccc1. The molecule has 0 radical (unpaired) electrons. The van der Waals surface area contributed by atoms with Gasteiger partial charge in [-0.05, 0) is 24.8 Å². The smallest absolute Gasteiger partial charge is 0.230 e. The number of benzene rings is 1. The van der Waals surface area contributed by atoms with Crippen LogP contribution in [0.5, 0.6) is 0 Å². The van der Waals surface area contributed by atoms with Gasteiger partial charge in [-0.2, -0.15) is 0 Å². The van der Waals surface area contributed by atoms with Gasteiger partial charge in [-0.1, -0.05) is 37.3 Å². The van der Waals surface area contributed by atoms with Crippen LogP contribution in [0.4, 0.5) is 0 Å². The van der Waals surface area contributed by atoms with Crippen LogP contribution in [0, 0.1) is 0 Å². The second kappa shape index (κ2) is 9.85. The maximum Gasteiger partial charge on any atom is 0.230 e. The summed E-state index contributed by atoms with van der Waals surface area (Å²) in [5.41, 5.74) is 1.02. The zero-order valence-electron chi connectivity index (χ0n) is 15.8. The lowest BCUT2D eigenvalue weighted by Crippen LogP contribution is -2.39. The Morgan fingerprint density at radius 3 is 2.33 bits per heavy atom. The second-order valence-corrected chi connectivity index (χ2v) is 8.64. The average molecular weight is 396 g/mol. The van der Waals surface area contributed by atoms with Gasteiger partial charge in [-0.25, -0.2) is 13.6 Å². The van der Waals surface area contributed by atoms with Crippen molar-refractivity contribution in [1.29, 1.82) is 0 Å². The van der Waals surface area contributed by atoms with E-state index in [1.807, 2.05) is 42.2 Å². The van der Waals surface area contributed by atoms with E-state index < -0.39 is 10.0 Å². The topological polar surface area (TPSA) is 101 Å². The number of rotatable bonds is 7. The summed E-state index contributed by atoms with van der Waals surface area (Å²) >= 11 is 0. The Bertz CT molecular complexity index is 737. The molecule has 0 spiro atoms. The zero-order valence-corrected chi connectivity index (χ0v) is 16.7. The molecule has 1 aromatic carbocycles. The first-order valence-electron chi connectivity index (χ1n) is 9.44.